The van der Waals surface area contributed by atoms with E-state index in [9.17, 15) is 29.9 Å². The van der Waals surface area contributed by atoms with Gasteiger partial charge in [-0.15, -0.1) is 0 Å². The highest BCUT2D eigenvalue weighted by molar-refractivity contribution is 5.98. The smallest absolute Gasteiger partial charge is 0.269 e. The fraction of sp³-hybridized carbons (Fsp3) is 0.440. The van der Waals surface area contributed by atoms with Crippen molar-refractivity contribution < 1.29 is 29.5 Å². The van der Waals surface area contributed by atoms with E-state index >= 15 is 0 Å². The van der Waals surface area contributed by atoms with Crippen molar-refractivity contribution in [2.75, 3.05) is 64.0 Å². The van der Waals surface area contributed by atoms with Crippen molar-refractivity contribution in [1.29, 1.82) is 0 Å². The van der Waals surface area contributed by atoms with Crippen LogP contribution in [0.3, 0.4) is 0 Å². The predicted octanol–water partition coefficient (Wildman–Crippen LogP) is 0.572. The second-order valence-electron chi connectivity index (χ2n) is 9.07. The normalized spacial score (nSPS) is 17.3. The topological polar surface area (TPSA) is 149 Å². The standard InChI is InChI=1S/C25H31N5O7/c31-17-23(25(34)29-7-5-28(6-8-29)20-1-3-21(4-2-20)30(35)36)26-24(33)19-13-18(14-22(32)15-19)16-27-9-11-37-12-10-27/h1-4,13-15,23,31-32H,5-12,16-17H2,(H,26,33)/t23-/m0/s1. The molecule has 2 fully saturated rings. The van der Waals surface area contributed by atoms with E-state index in [2.05, 4.69) is 10.2 Å². The molecular weight excluding hydrogens is 482 g/mol. The number of morpholine rings is 1. The maximum absolute atomic E-state index is 13.0. The number of nitrogens with one attached hydrogen (secondary N) is 1. The molecule has 198 valence electrons. The van der Waals surface area contributed by atoms with Crippen LogP contribution in [0.15, 0.2) is 42.5 Å². The van der Waals surface area contributed by atoms with Gasteiger partial charge in [0.2, 0.25) is 5.91 Å². The summed E-state index contributed by atoms with van der Waals surface area (Å²) in [7, 11) is 0. The number of nitro groups is 1. The Kier molecular flexibility index (Phi) is 8.54. The maximum Gasteiger partial charge on any atom is 0.269 e. The molecule has 2 amide bonds. The monoisotopic (exact) mass is 513 g/mol. The molecule has 2 heterocycles. The van der Waals surface area contributed by atoms with Crippen molar-refractivity contribution >= 4 is 23.2 Å². The van der Waals surface area contributed by atoms with Crippen LogP contribution in [0, 0.1) is 10.1 Å². The Hall–Kier alpha value is -3.74. The fourth-order valence-electron chi connectivity index (χ4n) is 4.53. The van der Waals surface area contributed by atoms with Crippen LogP contribution in [0.4, 0.5) is 11.4 Å². The lowest BCUT2D eigenvalue weighted by molar-refractivity contribution is -0.384. The predicted molar refractivity (Wildman–Crippen MR) is 134 cm³/mol. The summed E-state index contributed by atoms with van der Waals surface area (Å²) in [4.78, 5) is 42.1. The van der Waals surface area contributed by atoms with Gasteiger partial charge in [-0.2, -0.15) is 0 Å². The first kappa shape index (κ1) is 26.3. The van der Waals surface area contributed by atoms with Crippen molar-refractivity contribution in [3.05, 3.63) is 63.7 Å². The molecule has 3 N–H and O–H groups in total. The highest BCUT2D eigenvalue weighted by Gasteiger charge is 2.29. The molecule has 0 saturated carbocycles. The van der Waals surface area contributed by atoms with E-state index in [1.807, 2.05) is 4.90 Å². The molecule has 2 aliphatic heterocycles. The number of phenols is 1. The Balaban J connectivity index is 1.34. The molecule has 2 aliphatic rings. The third-order valence-electron chi connectivity index (χ3n) is 6.55. The van der Waals surface area contributed by atoms with Crippen molar-refractivity contribution in [2.24, 2.45) is 0 Å². The van der Waals surface area contributed by atoms with Crippen molar-refractivity contribution in [2.45, 2.75) is 12.6 Å². The van der Waals surface area contributed by atoms with Crippen molar-refractivity contribution in [3.8, 4) is 5.75 Å². The third-order valence-corrected chi connectivity index (χ3v) is 6.55. The molecular formula is C25H31N5O7. The van der Waals surface area contributed by atoms with Crippen LogP contribution in [0.2, 0.25) is 0 Å². The van der Waals surface area contributed by atoms with E-state index in [1.165, 1.54) is 18.2 Å². The average molecular weight is 514 g/mol. The number of rotatable bonds is 8. The molecule has 0 bridgehead atoms. The first-order chi connectivity index (χ1) is 17.8. The van der Waals surface area contributed by atoms with Gasteiger partial charge in [-0.25, -0.2) is 0 Å². The number of benzene rings is 2. The number of aliphatic hydroxyl groups excluding tert-OH is 1. The van der Waals surface area contributed by atoms with E-state index in [4.69, 9.17) is 4.74 Å². The molecule has 0 aliphatic carbocycles. The summed E-state index contributed by atoms with van der Waals surface area (Å²) in [5.41, 5.74) is 1.80. The number of phenolic OH excluding ortho intramolecular Hbond substituents is 1. The quantitative estimate of drug-likeness (QED) is 0.340. The Bertz CT molecular complexity index is 1110. The number of non-ortho nitro benzene ring substituents is 1. The Labute approximate surface area is 214 Å². The summed E-state index contributed by atoms with van der Waals surface area (Å²) in [5, 5.41) is 33.5. The highest BCUT2D eigenvalue weighted by Crippen LogP contribution is 2.21. The lowest BCUT2D eigenvalue weighted by Gasteiger charge is -2.37. The summed E-state index contributed by atoms with van der Waals surface area (Å²) in [6.07, 6.45) is 0. The minimum absolute atomic E-state index is 0.0130. The number of nitro benzene ring substituents is 1. The van der Waals surface area contributed by atoms with Gasteiger partial charge in [-0.05, 0) is 35.9 Å². The summed E-state index contributed by atoms with van der Waals surface area (Å²) < 4.78 is 5.35. The summed E-state index contributed by atoms with van der Waals surface area (Å²) in [6.45, 7) is 4.54. The van der Waals surface area contributed by atoms with Gasteiger partial charge in [0.05, 0.1) is 24.7 Å². The highest BCUT2D eigenvalue weighted by atomic mass is 16.6. The molecule has 2 saturated heterocycles. The number of carbonyl (C=O) groups is 2. The van der Waals surface area contributed by atoms with Crippen LogP contribution < -0.4 is 10.2 Å². The van der Waals surface area contributed by atoms with Gasteiger partial charge in [0.1, 0.15) is 11.8 Å². The van der Waals surface area contributed by atoms with Crippen LogP contribution in [0.25, 0.3) is 0 Å². The molecule has 2 aromatic carbocycles. The fourth-order valence-corrected chi connectivity index (χ4v) is 4.53. The molecule has 0 radical (unpaired) electrons. The Morgan fingerprint density at radius 2 is 1.70 bits per heavy atom. The van der Waals surface area contributed by atoms with Crippen LogP contribution >= 0.6 is 0 Å². The zero-order valence-corrected chi connectivity index (χ0v) is 20.4. The molecule has 0 aromatic heterocycles. The van der Waals surface area contributed by atoms with Crippen molar-refractivity contribution in [1.82, 2.24) is 15.1 Å². The number of piperazine rings is 1. The van der Waals surface area contributed by atoms with E-state index < -0.39 is 29.4 Å². The first-order valence-corrected chi connectivity index (χ1v) is 12.2. The third kappa shape index (κ3) is 6.73. The second-order valence-corrected chi connectivity index (χ2v) is 9.07. The van der Waals surface area contributed by atoms with Gasteiger partial charge >= 0.3 is 0 Å². The van der Waals surface area contributed by atoms with E-state index in [0.717, 1.165) is 24.3 Å². The number of anilines is 1. The summed E-state index contributed by atoms with van der Waals surface area (Å²) >= 11 is 0. The molecule has 4 rings (SSSR count). The zero-order valence-electron chi connectivity index (χ0n) is 20.4. The molecule has 12 heteroatoms. The number of hydrogen-bond acceptors (Lipinski definition) is 9. The van der Waals surface area contributed by atoms with E-state index in [0.29, 0.717) is 45.9 Å². The number of carbonyl (C=O) groups excluding carboxylic acids is 2. The average Bonchev–Trinajstić information content (AvgIpc) is 2.91. The van der Waals surface area contributed by atoms with E-state index in [1.54, 1.807) is 29.2 Å². The molecule has 37 heavy (non-hydrogen) atoms. The minimum Gasteiger partial charge on any atom is -0.508 e. The van der Waals surface area contributed by atoms with Gasteiger partial charge in [-0.1, -0.05) is 0 Å². The lowest BCUT2D eigenvalue weighted by atomic mass is 10.1. The number of hydrogen-bond donors (Lipinski definition) is 3. The number of nitrogens with zero attached hydrogens (tertiary/aromatic N) is 4. The zero-order chi connectivity index (χ0) is 26.4. The number of aromatic hydroxyl groups is 1. The van der Waals surface area contributed by atoms with Gasteiger partial charge in [-0.3, -0.25) is 24.6 Å². The van der Waals surface area contributed by atoms with Gasteiger partial charge in [0, 0.05) is 69.2 Å². The Morgan fingerprint density at radius 1 is 1.03 bits per heavy atom. The Morgan fingerprint density at radius 3 is 2.32 bits per heavy atom. The minimum atomic E-state index is -1.12. The molecule has 0 unspecified atom stereocenters. The first-order valence-electron chi connectivity index (χ1n) is 12.2. The maximum atomic E-state index is 13.0. The number of amides is 2. The largest absolute Gasteiger partial charge is 0.508 e. The summed E-state index contributed by atoms with van der Waals surface area (Å²) in [6, 6.07) is 9.72. The second kappa shape index (κ2) is 12.0. The number of ether oxygens (including phenoxy) is 1. The van der Waals surface area contributed by atoms with Gasteiger partial charge in [0.25, 0.3) is 11.6 Å². The van der Waals surface area contributed by atoms with E-state index in [-0.39, 0.29) is 17.0 Å². The van der Waals surface area contributed by atoms with Crippen molar-refractivity contribution in [3.63, 3.8) is 0 Å². The molecule has 2 aromatic rings. The molecule has 1 atom stereocenters. The van der Waals surface area contributed by atoms with Crippen LogP contribution in [-0.2, 0) is 16.1 Å². The van der Waals surface area contributed by atoms with Crippen LogP contribution in [0.5, 0.6) is 5.75 Å². The number of aliphatic hydroxyl groups is 1. The molecule has 0 spiro atoms. The van der Waals surface area contributed by atoms with Crippen LogP contribution in [0.1, 0.15) is 15.9 Å². The SMILES string of the molecule is O=C(N[C@@H](CO)C(=O)N1CCN(c2ccc([N+](=O)[O-])cc2)CC1)c1cc(O)cc(CN2CCOCC2)c1. The summed E-state index contributed by atoms with van der Waals surface area (Å²) in [5.74, 6) is -1.01. The van der Waals surface area contributed by atoms with Crippen LogP contribution in [-0.4, -0.2) is 102 Å². The van der Waals surface area contributed by atoms with Gasteiger partial charge < -0.3 is 30.1 Å². The van der Waals surface area contributed by atoms with Gasteiger partial charge in [0.15, 0.2) is 0 Å². The lowest BCUT2D eigenvalue weighted by Crippen LogP contribution is -2.56. The molecule has 12 nitrogen and oxygen atoms in total.